The second-order valence-corrected chi connectivity index (χ2v) is 6.87. The van der Waals surface area contributed by atoms with Crippen molar-refractivity contribution in [1.29, 1.82) is 0 Å². The van der Waals surface area contributed by atoms with Gasteiger partial charge in [-0.05, 0) is 39.0 Å². The van der Waals surface area contributed by atoms with E-state index in [0.717, 1.165) is 33.9 Å². The van der Waals surface area contributed by atoms with Gasteiger partial charge in [0.1, 0.15) is 0 Å². The fraction of sp³-hybridized carbons (Fsp3) is 0.238. The normalized spacial score (nSPS) is 12.1. The third kappa shape index (κ3) is 3.38. The minimum Gasteiger partial charge on any atom is -0.348 e. The van der Waals surface area contributed by atoms with Gasteiger partial charge < -0.3 is 5.32 Å². The summed E-state index contributed by atoms with van der Waals surface area (Å²) in [6.45, 7) is 6.14. The number of rotatable bonds is 5. The molecule has 0 bridgehead atoms. The van der Waals surface area contributed by atoms with E-state index < -0.39 is 0 Å². The molecule has 1 atom stereocenters. The summed E-state index contributed by atoms with van der Waals surface area (Å²) in [4.78, 5) is 9.13. The number of nitrogens with one attached hydrogen (secondary N) is 1. The number of anilines is 1. The van der Waals surface area contributed by atoms with Gasteiger partial charge >= 0.3 is 0 Å². The van der Waals surface area contributed by atoms with Gasteiger partial charge in [-0.1, -0.05) is 18.2 Å². The lowest BCUT2D eigenvalue weighted by Gasteiger charge is -2.12. The smallest absolute Gasteiger partial charge is 0.223 e. The molecule has 0 aliphatic carbocycles. The van der Waals surface area contributed by atoms with Crippen LogP contribution in [0.15, 0.2) is 55.0 Å². The zero-order valence-corrected chi connectivity index (χ0v) is 16.5. The lowest BCUT2D eigenvalue weighted by Crippen LogP contribution is -2.09. The summed E-state index contributed by atoms with van der Waals surface area (Å²) < 4.78 is 3.74. The van der Waals surface area contributed by atoms with E-state index in [1.165, 1.54) is 0 Å². The van der Waals surface area contributed by atoms with Gasteiger partial charge in [0, 0.05) is 30.6 Å². The van der Waals surface area contributed by atoms with E-state index in [0.29, 0.717) is 5.95 Å². The van der Waals surface area contributed by atoms with Crippen molar-refractivity contribution in [3.05, 3.63) is 71.9 Å². The molecule has 0 aliphatic rings. The third-order valence-corrected chi connectivity index (χ3v) is 4.77. The van der Waals surface area contributed by atoms with E-state index in [1.54, 1.807) is 10.9 Å². The van der Waals surface area contributed by atoms with Crippen molar-refractivity contribution in [2.45, 2.75) is 26.8 Å². The number of hydrogen-bond donors (Lipinski definition) is 1. The van der Waals surface area contributed by atoms with E-state index in [2.05, 4.69) is 29.2 Å². The molecule has 3 heterocycles. The molecule has 7 nitrogen and oxygen atoms in total. The average molecular weight is 373 g/mol. The summed E-state index contributed by atoms with van der Waals surface area (Å²) in [5.41, 5.74) is 5.99. The number of aromatic nitrogens is 6. The maximum absolute atomic E-state index is 4.74. The van der Waals surface area contributed by atoms with Crippen LogP contribution in [-0.4, -0.2) is 29.5 Å². The number of aryl methyl sites for hydroxylation is 2. The van der Waals surface area contributed by atoms with Crippen LogP contribution in [0, 0.1) is 13.8 Å². The first-order valence-corrected chi connectivity index (χ1v) is 9.23. The first-order valence-electron chi connectivity index (χ1n) is 9.23. The van der Waals surface area contributed by atoms with Crippen LogP contribution in [0.1, 0.15) is 29.9 Å². The lowest BCUT2D eigenvalue weighted by molar-refractivity contribution is 0.765. The quantitative estimate of drug-likeness (QED) is 0.575. The van der Waals surface area contributed by atoms with E-state index in [4.69, 9.17) is 10.1 Å². The first-order chi connectivity index (χ1) is 13.5. The molecule has 0 saturated heterocycles. The molecule has 1 aromatic carbocycles. The predicted molar refractivity (Wildman–Crippen MR) is 109 cm³/mol. The van der Waals surface area contributed by atoms with Gasteiger partial charge in [-0.2, -0.15) is 10.2 Å². The molecular formula is C21H23N7. The summed E-state index contributed by atoms with van der Waals surface area (Å²) in [7, 11) is 1.91. The molecule has 28 heavy (non-hydrogen) atoms. The molecule has 0 spiro atoms. The SMILES string of the molecule is Cc1nn(-c2ccccc2)c(C)c1-c1ccnc(NC(C)c2cnn(C)c2)n1. The van der Waals surface area contributed by atoms with Gasteiger partial charge in [0.05, 0.1) is 35.0 Å². The Kier molecular flexibility index (Phi) is 4.65. The zero-order valence-electron chi connectivity index (χ0n) is 16.5. The summed E-state index contributed by atoms with van der Waals surface area (Å²) in [6.07, 6.45) is 5.61. The van der Waals surface area contributed by atoms with Crippen LogP contribution in [0.4, 0.5) is 5.95 Å². The second-order valence-electron chi connectivity index (χ2n) is 6.87. The van der Waals surface area contributed by atoms with Crippen LogP contribution >= 0.6 is 0 Å². The molecule has 3 aromatic heterocycles. The highest BCUT2D eigenvalue weighted by atomic mass is 15.3. The molecular weight excluding hydrogens is 350 g/mol. The monoisotopic (exact) mass is 373 g/mol. The van der Waals surface area contributed by atoms with E-state index in [9.17, 15) is 0 Å². The van der Waals surface area contributed by atoms with Crippen LogP contribution in [0.2, 0.25) is 0 Å². The Hall–Kier alpha value is -3.48. The Balaban J connectivity index is 1.66. The largest absolute Gasteiger partial charge is 0.348 e. The van der Waals surface area contributed by atoms with Crippen molar-refractivity contribution < 1.29 is 0 Å². The molecule has 7 heteroatoms. The van der Waals surface area contributed by atoms with E-state index in [-0.39, 0.29) is 6.04 Å². The van der Waals surface area contributed by atoms with Crippen LogP contribution in [0.25, 0.3) is 16.9 Å². The van der Waals surface area contributed by atoms with Gasteiger partial charge in [0.15, 0.2) is 0 Å². The number of benzene rings is 1. The maximum atomic E-state index is 4.74. The molecule has 142 valence electrons. The molecule has 0 saturated carbocycles. The number of nitrogens with zero attached hydrogens (tertiary/aromatic N) is 6. The van der Waals surface area contributed by atoms with Crippen LogP contribution in [-0.2, 0) is 7.05 Å². The van der Waals surface area contributed by atoms with Crippen molar-refractivity contribution >= 4 is 5.95 Å². The highest BCUT2D eigenvalue weighted by molar-refractivity contribution is 5.66. The molecule has 0 fully saturated rings. The molecule has 0 amide bonds. The van der Waals surface area contributed by atoms with Gasteiger partial charge in [0.25, 0.3) is 0 Å². The molecule has 4 rings (SSSR count). The topological polar surface area (TPSA) is 73.5 Å². The fourth-order valence-electron chi connectivity index (χ4n) is 3.34. The second kappa shape index (κ2) is 7.26. The van der Waals surface area contributed by atoms with Crippen LogP contribution in [0.5, 0.6) is 0 Å². The molecule has 0 aliphatic heterocycles. The predicted octanol–water partition coefficient (Wildman–Crippen LogP) is 3.85. The van der Waals surface area contributed by atoms with Gasteiger partial charge in [-0.3, -0.25) is 4.68 Å². The lowest BCUT2D eigenvalue weighted by atomic mass is 10.1. The maximum Gasteiger partial charge on any atom is 0.223 e. The first kappa shape index (κ1) is 17.9. The summed E-state index contributed by atoms with van der Waals surface area (Å²) in [5.74, 6) is 0.583. The van der Waals surface area contributed by atoms with Crippen molar-refractivity contribution in [3.8, 4) is 16.9 Å². The van der Waals surface area contributed by atoms with Crippen LogP contribution < -0.4 is 5.32 Å². The summed E-state index contributed by atoms with van der Waals surface area (Å²) in [5, 5.41) is 12.3. The van der Waals surface area contributed by atoms with Crippen molar-refractivity contribution in [2.24, 2.45) is 7.05 Å². The third-order valence-electron chi connectivity index (χ3n) is 4.77. The fourth-order valence-corrected chi connectivity index (χ4v) is 3.34. The minimum absolute atomic E-state index is 0.0539. The Morgan fingerprint density at radius 2 is 1.86 bits per heavy atom. The minimum atomic E-state index is 0.0539. The Morgan fingerprint density at radius 1 is 1.07 bits per heavy atom. The van der Waals surface area contributed by atoms with Crippen LogP contribution in [0.3, 0.4) is 0 Å². The summed E-state index contributed by atoms with van der Waals surface area (Å²) in [6, 6.07) is 12.1. The Labute approximate surface area is 164 Å². The van der Waals surface area contributed by atoms with Gasteiger partial charge in [-0.15, -0.1) is 0 Å². The van der Waals surface area contributed by atoms with E-state index >= 15 is 0 Å². The van der Waals surface area contributed by atoms with Crippen molar-refractivity contribution in [1.82, 2.24) is 29.5 Å². The molecule has 0 radical (unpaired) electrons. The molecule has 4 aromatic rings. The van der Waals surface area contributed by atoms with Gasteiger partial charge in [0.2, 0.25) is 5.95 Å². The average Bonchev–Trinajstić information content (AvgIpc) is 3.26. The highest BCUT2D eigenvalue weighted by Gasteiger charge is 2.17. The van der Waals surface area contributed by atoms with Gasteiger partial charge in [-0.25, -0.2) is 14.6 Å². The molecule has 1 N–H and O–H groups in total. The number of para-hydroxylation sites is 1. The van der Waals surface area contributed by atoms with Crippen molar-refractivity contribution in [3.63, 3.8) is 0 Å². The van der Waals surface area contributed by atoms with E-state index in [1.807, 2.05) is 67.4 Å². The number of hydrogen-bond acceptors (Lipinski definition) is 5. The Morgan fingerprint density at radius 3 is 2.57 bits per heavy atom. The Bertz CT molecular complexity index is 1100. The van der Waals surface area contributed by atoms with Crippen molar-refractivity contribution in [2.75, 3.05) is 5.32 Å². The summed E-state index contributed by atoms with van der Waals surface area (Å²) >= 11 is 0. The zero-order chi connectivity index (χ0) is 19.7. The standard InChI is InChI=1S/C21H23N7/c1-14(17-12-23-27(4)13-17)24-21-22-11-10-19(25-21)20-15(2)26-28(16(20)3)18-8-6-5-7-9-18/h5-14H,1-4H3,(H,22,24,25). The molecule has 1 unspecified atom stereocenters. The highest BCUT2D eigenvalue weighted by Crippen LogP contribution is 2.28.